The van der Waals surface area contributed by atoms with Crippen molar-refractivity contribution in [1.82, 2.24) is 0 Å². The summed E-state index contributed by atoms with van der Waals surface area (Å²) in [7, 11) is -1.71. The molecule has 1 fully saturated rings. The van der Waals surface area contributed by atoms with E-state index in [1.807, 2.05) is 48.5 Å². The molecule has 4 rings (SSSR count). The molecule has 0 saturated heterocycles. The summed E-state index contributed by atoms with van der Waals surface area (Å²) >= 11 is 0. The predicted molar refractivity (Wildman–Crippen MR) is 122 cm³/mol. The van der Waals surface area contributed by atoms with Crippen molar-refractivity contribution >= 4 is 33.2 Å². The summed E-state index contributed by atoms with van der Waals surface area (Å²) in [5.41, 5.74) is 9.05. The predicted octanol–water partition coefficient (Wildman–Crippen LogP) is 3.14. The number of sulfonamides is 1. The molecule has 0 aliphatic heterocycles. The van der Waals surface area contributed by atoms with Crippen molar-refractivity contribution in [2.75, 3.05) is 17.1 Å². The number of pyridine rings is 1. The summed E-state index contributed by atoms with van der Waals surface area (Å²) in [4.78, 5) is 7.44. The molecule has 0 spiro atoms. The van der Waals surface area contributed by atoms with Gasteiger partial charge in [-0.05, 0) is 53.7 Å². The first kappa shape index (κ1) is 20.7. The zero-order valence-electron chi connectivity index (χ0n) is 17.0. The molecule has 0 amide bonds. The van der Waals surface area contributed by atoms with E-state index in [-0.39, 0.29) is 11.2 Å². The highest BCUT2D eigenvalue weighted by molar-refractivity contribution is 7.93. The smallest absolute Gasteiger partial charge is 0.325 e. The molecule has 160 valence electrons. The minimum Gasteiger partial charge on any atom is -0.495 e. The minimum atomic E-state index is -3.30. The number of anilines is 2. The van der Waals surface area contributed by atoms with E-state index in [4.69, 9.17) is 10.5 Å². The summed E-state index contributed by atoms with van der Waals surface area (Å²) in [5, 5.41) is 2.75. The third kappa shape index (κ3) is 5.13. The first-order chi connectivity index (χ1) is 14.9. The number of aromatic nitrogens is 1. The third-order valence-corrected chi connectivity index (χ3v) is 6.70. The number of para-hydroxylation sites is 2. The fourth-order valence-corrected chi connectivity index (χ4v) is 4.48. The van der Waals surface area contributed by atoms with Crippen LogP contribution < -0.4 is 25.5 Å². The van der Waals surface area contributed by atoms with Crippen LogP contribution in [0.4, 0.5) is 17.2 Å². The molecule has 1 aliphatic carbocycles. The molecule has 1 heterocycles. The summed E-state index contributed by atoms with van der Waals surface area (Å²) in [5.74, 6) is 1.44. The number of H-pyrrole nitrogens is 1. The molecule has 1 aliphatic rings. The number of ether oxygens (including phenoxy) is 1. The molecule has 1 aromatic heterocycles. The van der Waals surface area contributed by atoms with Gasteiger partial charge in [-0.2, -0.15) is 0 Å². The maximum absolute atomic E-state index is 12.2. The van der Waals surface area contributed by atoms with Gasteiger partial charge in [-0.1, -0.05) is 24.3 Å². The Morgan fingerprint density at radius 2 is 1.90 bits per heavy atom. The second-order valence-corrected chi connectivity index (χ2v) is 9.17. The van der Waals surface area contributed by atoms with E-state index >= 15 is 0 Å². The van der Waals surface area contributed by atoms with Crippen LogP contribution in [0.2, 0.25) is 0 Å². The van der Waals surface area contributed by atoms with Crippen molar-refractivity contribution in [3.63, 3.8) is 0 Å². The van der Waals surface area contributed by atoms with Gasteiger partial charge in [-0.15, -0.1) is 0 Å². The van der Waals surface area contributed by atoms with Crippen LogP contribution >= 0.6 is 0 Å². The maximum Gasteiger partial charge on any atom is 0.325 e. The van der Waals surface area contributed by atoms with Crippen molar-refractivity contribution in [1.29, 1.82) is 0 Å². The Morgan fingerprint density at radius 1 is 1.10 bits per heavy atom. The second-order valence-electron chi connectivity index (χ2n) is 7.21. The second kappa shape index (κ2) is 8.65. The van der Waals surface area contributed by atoms with Crippen molar-refractivity contribution in [3.8, 4) is 16.9 Å². The Labute approximate surface area is 181 Å². The Bertz CT molecular complexity index is 1210. The number of benzene rings is 2. The van der Waals surface area contributed by atoms with Crippen LogP contribution in [-0.4, -0.2) is 26.7 Å². The zero-order valence-corrected chi connectivity index (χ0v) is 17.8. The monoisotopic (exact) mass is 438 g/mol. The van der Waals surface area contributed by atoms with E-state index in [1.165, 1.54) is 0 Å². The Hall–Kier alpha value is -3.59. The lowest BCUT2D eigenvalue weighted by Gasteiger charge is -2.08. The SMILES string of the molecule is COc1ccccc1NC(N)=Nc1ccc(-c2cccc(NS(=O)(=O)C3CC3)c2)c[nH+]1. The molecule has 1 saturated carbocycles. The van der Waals surface area contributed by atoms with Crippen LogP contribution in [0, 0.1) is 0 Å². The number of nitrogens with one attached hydrogen (secondary N) is 3. The first-order valence-corrected chi connectivity index (χ1v) is 11.4. The van der Waals surface area contributed by atoms with Crippen molar-refractivity contribution in [2.45, 2.75) is 18.1 Å². The number of hydrogen-bond donors (Lipinski definition) is 3. The number of hydrogen-bond acceptors (Lipinski definition) is 4. The summed E-state index contributed by atoms with van der Waals surface area (Å²) in [6, 6.07) is 18.4. The molecule has 8 nitrogen and oxygen atoms in total. The highest BCUT2D eigenvalue weighted by Gasteiger charge is 2.35. The number of aromatic amines is 1. The standard InChI is InChI=1S/C22H23N5O3S/c1-30-20-8-3-2-7-19(20)25-22(23)26-21-12-9-16(14-24-21)15-5-4-6-17(13-15)27-31(28,29)18-10-11-18/h2-9,12-14,18,27H,10-11H2,1H3,(H3,23,24,25,26)/p+1. The van der Waals surface area contributed by atoms with Gasteiger partial charge in [-0.3, -0.25) is 4.72 Å². The quantitative estimate of drug-likeness (QED) is 0.387. The minimum absolute atomic E-state index is 0.213. The van der Waals surface area contributed by atoms with Crippen LogP contribution in [0.3, 0.4) is 0 Å². The van der Waals surface area contributed by atoms with E-state index in [1.54, 1.807) is 25.4 Å². The normalized spacial score (nSPS) is 14.2. The van der Waals surface area contributed by atoms with E-state index in [9.17, 15) is 8.42 Å². The van der Waals surface area contributed by atoms with E-state index in [2.05, 4.69) is 20.0 Å². The maximum atomic E-state index is 12.2. The Morgan fingerprint density at radius 3 is 2.61 bits per heavy atom. The molecule has 0 bridgehead atoms. The molecule has 2 aromatic carbocycles. The molecule has 0 unspecified atom stereocenters. The fourth-order valence-electron chi connectivity index (χ4n) is 3.10. The molecule has 9 heteroatoms. The number of rotatable bonds is 7. The molecule has 0 radical (unpaired) electrons. The molecule has 5 N–H and O–H groups in total. The molecular formula is C22H24N5O3S+. The van der Waals surface area contributed by atoms with Gasteiger partial charge >= 0.3 is 11.8 Å². The molecule has 3 aromatic rings. The highest BCUT2D eigenvalue weighted by Crippen LogP contribution is 2.31. The van der Waals surface area contributed by atoms with E-state index in [0.29, 0.717) is 22.9 Å². The van der Waals surface area contributed by atoms with Crippen molar-refractivity contribution < 1.29 is 18.1 Å². The van der Waals surface area contributed by atoms with Gasteiger partial charge in [0.15, 0.2) is 0 Å². The Balaban J connectivity index is 1.48. The van der Waals surface area contributed by atoms with E-state index in [0.717, 1.165) is 24.0 Å². The summed E-state index contributed by atoms with van der Waals surface area (Å²) in [6.45, 7) is 0. The molecular weight excluding hydrogens is 414 g/mol. The largest absolute Gasteiger partial charge is 0.495 e. The van der Waals surface area contributed by atoms with Crippen LogP contribution in [0.5, 0.6) is 5.75 Å². The van der Waals surface area contributed by atoms with Gasteiger partial charge in [-0.25, -0.2) is 13.4 Å². The van der Waals surface area contributed by atoms with Gasteiger partial charge in [0.1, 0.15) is 5.75 Å². The van der Waals surface area contributed by atoms with Crippen LogP contribution in [0.15, 0.2) is 71.9 Å². The van der Waals surface area contributed by atoms with Crippen LogP contribution in [0.1, 0.15) is 12.8 Å². The summed E-state index contributed by atoms with van der Waals surface area (Å²) in [6.07, 6.45) is 3.24. The van der Waals surface area contributed by atoms with Gasteiger partial charge in [0, 0.05) is 17.3 Å². The van der Waals surface area contributed by atoms with Crippen molar-refractivity contribution in [3.05, 3.63) is 66.9 Å². The number of methoxy groups -OCH3 is 1. The fraction of sp³-hybridized carbons (Fsp3) is 0.182. The van der Waals surface area contributed by atoms with Gasteiger partial charge in [0.2, 0.25) is 10.0 Å². The topological polar surface area (TPSA) is 120 Å². The first-order valence-electron chi connectivity index (χ1n) is 9.82. The van der Waals surface area contributed by atoms with Crippen LogP contribution in [0.25, 0.3) is 11.1 Å². The molecule has 0 atom stereocenters. The Kier molecular flexibility index (Phi) is 5.77. The lowest BCUT2D eigenvalue weighted by atomic mass is 10.1. The number of nitrogens with two attached hydrogens (primary N) is 1. The van der Waals surface area contributed by atoms with Gasteiger partial charge in [0.05, 0.1) is 24.2 Å². The summed E-state index contributed by atoms with van der Waals surface area (Å²) < 4.78 is 32.3. The third-order valence-electron chi connectivity index (χ3n) is 4.83. The van der Waals surface area contributed by atoms with E-state index < -0.39 is 10.0 Å². The number of aliphatic imine (C=N–C) groups is 1. The van der Waals surface area contributed by atoms with Gasteiger partial charge < -0.3 is 15.8 Å². The molecule has 31 heavy (non-hydrogen) atoms. The lowest BCUT2D eigenvalue weighted by Crippen LogP contribution is -2.23. The van der Waals surface area contributed by atoms with Gasteiger partial charge in [0.25, 0.3) is 0 Å². The average Bonchev–Trinajstić information content (AvgIpc) is 3.61. The number of nitrogens with zero attached hydrogens (tertiary/aromatic N) is 1. The number of guanidine groups is 1. The van der Waals surface area contributed by atoms with Crippen LogP contribution in [-0.2, 0) is 10.0 Å². The van der Waals surface area contributed by atoms with Crippen molar-refractivity contribution in [2.24, 2.45) is 10.7 Å². The average molecular weight is 439 g/mol. The highest BCUT2D eigenvalue weighted by atomic mass is 32.2. The zero-order chi connectivity index (χ0) is 21.8. The lowest BCUT2D eigenvalue weighted by molar-refractivity contribution is -0.361.